The summed E-state index contributed by atoms with van der Waals surface area (Å²) >= 11 is 0. The van der Waals surface area contributed by atoms with Crippen molar-refractivity contribution in [2.24, 2.45) is 5.73 Å². The van der Waals surface area contributed by atoms with Crippen molar-refractivity contribution in [3.8, 4) is 11.5 Å². The molecule has 0 aromatic heterocycles. The second-order valence-corrected chi connectivity index (χ2v) is 4.91. The maximum atomic E-state index is 9.75. The minimum absolute atomic E-state index is 0.296. The highest BCUT2D eigenvalue weighted by Crippen LogP contribution is 2.20. The average Bonchev–Trinajstić information content (AvgIpc) is 2.39. The van der Waals surface area contributed by atoms with Gasteiger partial charge in [0.05, 0.1) is 18.8 Å². The molecule has 19 heavy (non-hydrogen) atoms. The summed E-state index contributed by atoms with van der Waals surface area (Å²) in [5.74, 6) is 1.64. The van der Waals surface area contributed by atoms with Crippen molar-refractivity contribution >= 4 is 0 Å². The van der Waals surface area contributed by atoms with Crippen molar-refractivity contribution in [2.45, 2.75) is 38.7 Å². The fraction of sp³-hybridized carbons (Fsp3) is 0.600. The Morgan fingerprint density at radius 3 is 2.53 bits per heavy atom. The number of hydrogen-bond donors (Lipinski definition) is 2. The molecule has 1 rings (SSSR count). The molecular weight excluding hydrogens is 242 g/mol. The van der Waals surface area contributed by atoms with Crippen molar-refractivity contribution in [3.05, 3.63) is 24.3 Å². The lowest BCUT2D eigenvalue weighted by Gasteiger charge is -2.20. The van der Waals surface area contributed by atoms with Gasteiger partial charge in [0.2, 0.25) is 0 Å². The fourth-order valence-corrected chi connectivity index (χ4v) is 1.72. The van der Waals surface area contributed by atoms with Gasteiger partial charge >= 0.3 is 0 Å². The molecular formula is C15H25NO3. The molecule has 108 valence electrons. The summed E-state index contributed by atoms with van der Waals surface area (Å²) in [6.45, 7) is 5.30. The SMILES string of the molecule is CCOc1cccc(OCCCCC(C)(O)CN)c1. The van der Waals surface area contributed by atoms with E-state index in [1.165, 1.54) is 0 Å². The number of nitrogens with two attached hydrogens (primary N) is 1. The lowest BCUT2D eigenvalue weighted by Crippen LogP contribution is -2.33. The highest BCUT2D eigenvalue weighted by molar-refractivity contribution is 5.32. The molecule has 0 aliphatic rings. The minimum Gasteiger partial charge on any atom is -0.494 e. The van der Waals surface area contributed by atoms with Crippen LogP contribution in [0.15, 0.2) is 24.3 Å². The topological polar surface area (TPSA) is 64.7 Å². The lowest BCUT2D eigenvalue weighted by atomic mass is 10.00. The number of ether oxygens (including phenoxy) is 2. The Bertz CT molecular complexity index is 366. The number of benzene rings is 1. The van der Waals surface area contributed by atoms with E-state index in [2.05, 4.69) is 0 Å². The van der Waals surface area contributed by atoms with Crippen LogP contribution in [0.5, 0.6) is 11.5 Å². The molecule has 1 aromatic carbocycles. The van der Waals surface area contributed by atoms with Crippen LogP contribution in [0.1, 0.15) is 33.1 Å². The summed E-state index contributed by atoms with van der Waals surface area (Å²) < 4.78 is 11.1. The van der Waals surface area contributed by atoms with E-state index in [9.17, 15) is 5.11 Å². The van der Waals surface area contributed by atoms with Gasteiger partial charge in [-0.15, -0.1) is 0 Å². The highest BCUT2D eigenvalue weighted by Gasteiger charge is 2.16. The zero-order chi connectivity index (χ0) is 14.1. The van der Waals surface area contributed by atoms with E-state index >= 15 is 0 Å². The van der Waals surface area contributed by atoms with Gasteiger partial charge in [-0.25, -0.2) is 0 Å². The first-order valence-electron chi connectivity index (χ1n) is 6.85. The molecule has 1 atom stereocenters. The summed E-state index contributed by atoms with van der Waals surface area (Å²) in [5.41, 5.74) is 4.71. The molecule has 4 heteroatoms. The molecule has 0 fully saturated rings. The first kappa shape index (κ1) is 15.8. The summed E-state index contributed by atoms with van der Waals surface area (Å²) in [7, 11) is 0. The van der Waals surface area contributed by atoms with E-state index in [-0.39, 0.29) is 0 Å². The lowest BCUT2D eigenvalue weighted by molar-refractivity contribution is 0.0562. The third-order valence-electron chi connectivity index (χ3n) is 2.93. The smallest absolute Gasteiger partial charge is 0.122 e. The van der Waals surface area contributed by atoms with Crippen molar-refractivity contribution in [2.75, 3.05) is 19.8 Å². The number of hydrogen-bond acceptors (Lipinski definition) is 4. The Balaban J connectivity index is 2.24. The molecule has 0 spiro atoms. The highest BCUT2D eigenvalue weighted by atomic mass is 16.5. The maximum absolute atomic E-state index is 9.75. The molecule has 3 N–H and O–H groups in total. The van der Waals surface area contributed by atoms with E-state index in [4.69, 9.17) is 15.2 Å². The molecule has 0 saturated heterocycles. The Morgan fingerprint density at radius 2 is 1.89 bits per heavy atom. The second-order valence-electron chi connectivity index (χ2n) is 4.91. The molecule has 4 nitrogen and oxygen atoms in total. The van der Waals surface area contributed by atoms with E-state index in [0.29, 0.717) is 26.2 Å². The molecule has 0 bridgehead atoms. The predicted molar refractivity (Wildman–Crippen MR) is 76.6 cm³/mol. The molecule has 0 saturated carbocycles. The zero-order valence-corrected chi connectivity index (χ0v) is 11.9. The van der Waals surface area contributed by atoms with Gasteiger partial charge in [0.1, 0.15) is 11.5 Å². The Labute approximate surface area is 115 Å². The van der Waals surface area contributed by atoms with Crippen molar-refractivity contribution in [1.29, 1.82) is 0 Å². The van der Waals surface area contributed by atoms with Crippen molar-refractivity contribution in [3.63, 3.8) is 0 Å². The molecule has 1 unspecified atom stereocenters. The molecule has 0 heterocycles. The van der Waals surface area contributed by atoms with Gasteiger partial charge in [0, 0.05) is 12.6 Å². The second kappa shape index (κ2) is 8.02. The zero-order valence-electron chi connectivity index (χ0n) is 11.9. The van der Waals surface area contributed by atoms with Crippen LogP contribution in [0.25, 0.3) is 0 Å². The van der Waals surface area contributed by atoms with Crippen LogP contribution < -0.4 is 15.2 Å². The monoisotopic (exact) mass is 267 g/mol. The standard InChI is InChI=1S/C15H25NO3/c1-3-18-13-7-6-8-14(11-13)19-10-5-4-9-15(2,17)12-16/h6-8,11,17H,3-5,9-10,12,16H2,1-2H3. The van der Waals surface area contributed by atoms with E-state index in [1.807, 2.05) is 31.2 Å². The van der Waals surface area contributed by atoms with Gasteiger partial charge in [-0.3, -0.25) is 0 Å². The van der Waals surface area contributed by atoms with Gasteiger partial charge in [-0.1, -0.05) is 6.07 Å². The summed E-state index contributed by atoms with van der Waals surface area (Å²) in [6, 6.07) is 7.63. The predicted octanol–water partition coefficient (Wildman–Crippen LogP) is 2.34. The van der Waals surface area contributed by atoms with Gasteiger partial charge in [-0.2, -0.15) is 0 Å². The Kier molecular flexibility index (Phi) is 6.67. The van der Waals surface area contributed by atoms with E-state index < -0.39 is 5.60 Å². The quantitative estimate of drug-likeness (QED) is 0.674. The van der Waals surface area contributed by atoms with Crippen molar-refractivity contribution < 1.29 is 14.6 Å². The fourth-order valence-electron chi connectivity index (χ4n) is 1.72. The van der Waals surface area contributed by atoms with Crippen LogP contribution in [0, 0.1) is 0 Å². The van der Waals surface area contributed by atoms with Gasteiger partial charge in [0.25, 0.3) is 0 Å². The first-order chi connectivity index (χ1) is 9.07. The van der Waals surface area contributed by atoms with Gasteiger partial charge in [-0.05, 0) is 45.2 Å². The van der Waals surface area contributed by atoms with Crippen LogP contribution in [-0.2, 0) is 0 Å². The summed E-state index contributed by atoms with van der Waals surface area (Å²) in [4.78, 5) is 0. The number of aliphatic hydroxyl groups is 1. The van der Waals surface area contributed by atoms with E-state index in [0.717, 1.165) is 24.3 Å². The average molecular weight is 267 g/mol. The largest absolute Gasteiger partial charge is 0.494 e. The van der Waals surface area contributed by atoms with Gasteiger partial charge in [0.15, 0.2) is 0 Å². The van der Waals surface area contributed by atoms with Crippen LogP contribution in [0.4, 0.5) is 0 Å². The van der Waals surface area contributed by atoms with Crippen LogP contribution in [-0.4, -0.2) is 30.5 Å². The van der Waals surface area contributed by atoms with Gasteiger partial charge < -0.3 is 20.3 Å². The number of unbranched alkanes of at least 4 members (excludes halogenated alkanes) is 1. The molecule has 0 aliphatic carbocycles. The normalized spacial score (nSPS) is 13.9. The Morgan fingerprint density at radius 1 is 1.21 bits per heavy atom. The first-order valence-corrected chi connectivity index (χ1v) is 6.85. The van der Waals surface area contributed by atoms with E-state index in [1.54, 1.807) is 6.92 Å². The minimum atomic E-state index is -0.755. The number of rotatable bonds is 9. The summed E-state index contributed by atoms with van der Waals surface area (Å²) in [5, 5.41) is 9.75. The third kappa shape index (κ3) is 6.45. The summed E-state index contributed by atoms with van der Waals surface area (Å²) in [6.07, 6.45) is 2.50. The molecule has 0 radical (unpaired) electrons. The van der Waals surface area contributed by atoms with Crippen molar-refractivity contribution in [1.82, 2.24) is 0 Å². The molecule has 0 amide bonds. The molecule has 1 aromatic rings. The van der Waals surface area contributed by atoms with Crippen LogP contribution in [0.3, 0.4) is 0 Å². The third-order valence-corrected chi connectivity index (χ3v) is 2.93. The maximum Gasteiger partial charge on any atom is 0.122 e. The van der Waals surface area contributed by atoms with Crippen LogP contribution in [0.2, 0.25) is 0 Å². The Hall–Kier alpha value is -1.26. The molecule has 0 aliphatic heterocycles. The van der Waals surface area contributed by atoms with Crippen LogP contribution >= 0.6 is 0 Å².